The number of rotatable bonds is 5. The number of nitrogens with zero attached hydrogens (tertiary/aromatic N) is 4. The van der Waals surface area contributed by atoms with E-state index in [0.717, 1.165) is 28.9 Å². The Morgan fingerprint density at radius 3 is 2.54 bits per heavy atom. The van der Waals surface area contributed by atoms with Gasteiger partial charge < -0.3 is 9.80 Å². The number of carbonyl (C=O) groups is 1. The minimum absolute atomic E-state index is 0.0358. The lowest BCUT2D eigenvalue weighted by atomic mass is 10.1. The van der Waals surface area contributed by atoms with Crippen molar-refractivity contribution in [2.24, 2.45) is 0 Å². The van der Waals surface area contributed by atoms with Crippen LogP contribution in [-0.4, -0.2) is 67.4 Å². The summed E-state index contributed by atoms with van der Waals surface area (Å²) in [6, 6.07) is 5.78. The summed E-state index contributed by atoms with van der Waals surface area (Å²) in [7, 11) is -3.13. The van der Waals surface area contributed by atoms with E-state index in [1.807, 2.05) is 25.1 Å². The van der Waals surface area contributed by atoms with Crippen LogP contribution in [-0.2, 0) is 14.6 Å². The van der Waals surface area contributed by atoms with Crippen molar-refractivity contribution in [2.75, 3.05) is 43.1 Å². The Kier molecular flexibility index (Phi) is 6.20. The van der Waals surface area contributed by atoms with Gasteiger partial charge in [0.2, 0.25) is 5.91 Å². The Balaban J connectivity index is 1.66. The quantitative estimate of drug-likeness (QED) is 0.734. The van der Waals surface area contributed by atoms with Gasteiger partial charge in [0.25, 0.3) is 0 Å². The van der Waals surface area contributed by atoms with Crippen molar-refractivity contribution in [1.82, 2.24) is 14.9 Å². The van der Waals surface area contributed by atoms with Crippen LogP contribution < -0.4 is 4.90 Å². The molecule has 0 N–H and O–H groups in total. The van der Waals surface area contributed by atoms with Gasteiger partial charge in [0.15, 0.2) is 0 Å². The van der Waals surface area contributed by atoms with E-state index >= 15 is 0 Å². The predicted octanol–water partition coefficient (Wildman–Crippen LogP) is 2.19. The van der Waals surface area contributed by atoms with Gasteiger partial charge in [-0.25, -0.2) is 13.4 Å². The van der Waals surface area contributed by atoms with Crippen molar-refractivity contribution in [2.45, 2.75) is 13.3 Å². The van der Waals surface area contributed by atoms with E-state index in [0.29, 0.717) is 31.2 Å². The lowest BCUT2D eigenvalue weighted by Gasteiger charge is -2.35. The molecule has 0 aliphatic carbocycles. The summed E-state index contributed by atoms with van der Waals surface area (Å²) in [4.78, 5) is 24.9. The van der Waals surface area contributed by atoms with Crippen LogP contribution in [0.2, 0.25) is 5.02 Å². The molecule has 0 saturated carbocycles. The number of anilines is 1. The molecule has 9 heteroatoms. The van der Waals surface area contributed by atoms with E-state index < -0.39 is 9.84 Å². The molecule has 2 aromatic rings. The molecule has 150 valence electrons. The fourth-order valence-corrected chi connectivity index (χ4v) is 3.95. The largest absolute Gasteiger partial charge is 0.353 e. The van der Waals surface area contributed by atoms with Crippen molar-refractivity contribution >= 4 is 33.2 Å². The van der Waals surface area contributed by atoms with E-state index in [2.05, 4.69) is 14.9 Å². The zero-order valence-corrected chi connectivity index (χ0v) is 17.5. The van der Waals surface area contributed by atoms with Crippen LogP contribution in [0.1, 0.15) is 12.0 Å². The SMILES string of the molecule is Cc1cc(Cl)cnc1-c1ccnc(N2CCN(C(=O)CCS(C)(=O)=O)CC2)c1. The number of aromatic nitrogens is 2. The fraction of sp³-hybridized carbons (Fsp3) is 0.421. The molecule has 3 rings (SSSR count). The molecule has 0 radical (unpaired) electrons. The third-order valence-electron chi connectivity index (χ3n) is 4.71. The van der Waals surface area contributed by atoms with Gasteiger partial charge in [0.05, 0.1) is 16.5 Å². The Labute approximate surface area is 170 Å². The molecule has 0 atom stereocenters. The van der Waals surface area contributed by atoms with E-state index in [1.165, 1.54) is 0 Å². The van der Waals surface area contributed by atoms with Crippen molar-refractivity contribution in [3.8, 4) is 11.3 Å². The number of hydrogen-bond acceptors (Lipinski definition) is 6. The number of aryl methyl sites for hydroxylation is 1. The molecule has 1 fully saturated rings. The molecule has 1 amide bonds. The second-order valence-corrected chi connectivity index (χ2v) is 9.67. The zero-order chi connectivity index (χ0) is 20.3. The van der Waals surface area contributed by atoms with Gasteiger partial charge in [-0.3, -0.25) is 9.78 Å². The Morgan fingerprint density at radius 2 is 1.89 bits per heavy atom. The van der Waals surface area contributed by atoms with E-state index in [9.17, 15) is 13.2 Å². The highest BCUT2D eigenvalue weighted by Gasteiger charge is 2.23. The molecule has 1 aliphatic rings. The number of sulfone groups is 1. The summed E-state index contributed by atoms with van der Waals surface area (Å²) < 4.78 is 22.5. The van der Waals surface area contributed by atoms with Crippen molar-refractivity contribution in [1.29, 1.82) is 0 Å². The Hall–Kier alpha value is -2.19. The van der Waals surface area contributed by atoms with E-state index in [1.54, 1.807) is 17.3 Å². The first-order valence-corrected chi connectivity index (χ1v) is 11.5. The van der Waals surface area contributed by atoms with Gasteiger partial charge >= 0.3 is 0 Å². The molecule has 0 bridgehead atoms. The number of pyridine rings is 2. The van der Waals surface area contributed by atoms with Crippen molar-refractivity contribution in [3.05, 3.63) is 41.2 Å². The number of piperazine rings is 1. The molecule has 3 heterocycles. The van der Waals surface area contributed by atoms with Gasteiger partial charge in [-0.1, -0.05) is 11.6 Å². The smallest absolute Gasteiger partial charge is 0.223 e. The van der Waals surface area contributed by atoms with Gasteiger partial charge in [0, 0.05) is 56.8 Å². The van der Waals surface area contributed by atoms with Gasteiger partial charge in [0.1, 0.15) is 15.7 Å². The highest BCUT2D eigenvalue weighted by Crippen LogP contribution is 2.26. The number of hydrogen-bond donors (Lipinski definition) is 0. The molecule has 0 unspecified atom stereocenters. The van der Waals surface area contributed by atoms with Crippen LogP contribution in [0, 0.1) is 6.92 Å². The first-order chi connectivity index (χ1) is 13.2. The van der Waals surface area contributed by atoms with Gasteiger partial charge in [-0.15, -0.1) is 0 Å². The number of halogens is 1. The molecule has 7 nitrogen and oxygen atoms in total. The average molecular weight is 423 g/mol. The molecule has 28 heavy (non-hydrogen) atoms. The zero-order valence-electron chi connectivity index (χ0n) is 15.9. The normalized spacial score (nSPS) is 15.0. The summed E-state index contributed by atoms with van der Waals surface area (Å²) in [5.74, 6) is 0.605. The minimum Gasteiger partial charge on any atom is -0.353 e. The maximum absolute atomic E-state index is 12.2. The molecule has 1 saturated heterocycles. The standard InChI is InChI=1S/C19H23ClN4O3S/c1-14-11-16(20)13-22-19(14)15-3-5-21-17(12-15)23-6-8-24(9-7-23)18(25)4-10-28(2,26)27/h3,5,11-13H,4,6-10H2,1-2H3. The summed E-state index contributed by atoms with van der Waals surface area (Å²) in [6.07, 6.45) is 4.57. The number of carbonyl (C=O) groups excluding carboxylic acids is 1. The monoisotopic (exact) mass is 422 g/mol. The maximum Gasteiger partial charge on any atom is 0.223 e. The van der Waals surface area contributed by atoms with Gasteiger partial charge in [-0.2, -0.15) is 0 Å². The highest BCUT2D eigenvalue weighted by atomic mass is 35.5. The Bertz CT molecular complexity index is 973. The molecular weight excluding hydrogens is 400 g/mol. The highest BCUT2D eigenvalue weighted by molar-refractivity contribution is 7.90. The first kappa shape index (κ1) is 20.5. The van der Waals surface area contributed by atoms with Gasteiger partial charge in [-0.05, 0) is 30.7 Å². The maximum atomic E-state index is 12.2. The van der Waals surface area contributed by atoms with Crippen LogP contribution in [0.15, 0.2) is 30.6 Å². The van der Waals surface area contributed by atoms with Crippen LogP contribution in [0.5, 0.6) is 0 Å². The topological polar surface area (TPSA) is 83.5 Å². The summed E-state index contributed by atoms with van der Waals surface area (Å²) in [5, 5.41) is 0.604. The van der Waals surface area contributed by atoms with Crippen molar-refractivity contribution in [3.63, 3.8) is 0 Å². The fourth-order valence-electron chi connectivity index (χ4n) is 3.20. The van der Waals surface area contributed by atoms with E-state index in [-0.39, 0.29) is 18.1 Å². The van der Waals surface area contributed by atoms with Crippen molar-refractivity contribution < 1.29 is 13.2 Å². The van der Waals surface area contributed by atoms with E-state index in [4.69, 9.17) is 11.6 Å². The summed E-state index contributed by atoms with van der Waals surface area (Å²) in [6.45, 7) is 4.36. The van der Waals surface area contributed by atoms with Crippen LogP contribution in [0.4, 0.5) is 5.82 Å². The van der Waals surface area contributed by atoms with Crippen LogP contribution >= 0.6 is 11.6 Å². The lowest BCUT2D eigenvalue weighted by molar-refractivity contribution is -0.131. The third-order valence-corrected chi connectivity index (χ3v) is 5.86. The molecular formula is C19H23ClN4O3S. The van der Waals surface area contributed by atoms with Crippen LogP contribution in [0.3, 0.4) is 0 Å². The predicted molar refractivity (Wildman–Crippen MR) is 110 cm³/mol. The Morgan fingerprint density at radius 1 is 1.18 bits per heavy atom. The molecule has 0 spiro atoms. The molecule has 0 aromatic carbocycles. The third kappa shape index (κ3) is 5.20. The summed E-state index contributed by atoms with van der Waals surface area (Å²) in [5.41, 5.74) is 2.82. The minimum atomic E-state index is -3.13. The first-order valence-electron chi connectivity index (χ1n) is 9.02. The second kappa shape index (κ2) is 8.45. The van der Waals surface area contributed by atoms with Crippen LogP contribution in [0.25, 0.3) is 11.3 Å². The lowest BCUT2D eigenvalue weighted by Crippen LogP contribution is -2.49. The molecule has 1 aliphatic heterocycles. The molecule has 2 aromatic heterocycles. The summed E-state index contributed by atoms with van der Waals surface area (Å²) >= 11 is 6.00. The average Bonchev–Trinajstić information content (AvgIpc) is 2.66. The number of amides is 1. The second-order valence-electron chi connectivity index (χ2n) is 6.97.